The molecule has 4 rings (SSSR count). The fraction of sp³-hybridized carbons (Fsp3) is 0.548. The predicted octanol–water partition coefficient (Wildman–Crippen LogP) is 8.53. The molecule has 0 N–H and O–H groups in total. The highest BCUT2D eigenvalue weighted by Crippen LogP contribution is 2.38. The maximum absolute atomic E-state index is 12.7. The average molecular weight is 690 g/mol. The number of benzene rings is 3. The first-order valence-electron chi connectivity index (χ1n) is 17.5. The van der Waals surface area contributed by atoms with Gasteiger partial charge in [-0.25, -0.2) is 0 Å². The van der Waals surface area contributed by atoms with Crippen molar-refractivity contribution < 1.29 is 33.2 Å². The topological polar surface area (TPSA) is 75.7 Å². The summed E-state index contributed by atoms with van der Waals surface area (Å²) in [4.78, 5) is 14.3. The third kappa shape index (κ3) is 9.59. The summed E-state index contributed by atoms with van der Waals surface area (Å²) < 4.78 is 37.8. The second-order valence-corrected chi connectivity index (χ2v) is 16.6. The molecule has 0 radical (unpaired) electrons. The van der Waals surface area contributed by atoms with Gasteiger partial charge in [-0.05, 0) is 69.3 Å². The Morgan fingerprint density at radius 1 is 0.540 bits per heavy atom. The number of amides is 1. The van der Waals surface area contributed by atoms with Crippen LogP contribution in [0.4, 0.5) is 0 Å². The van der Waals surface area contributed by atoms with Crippen molar-refractivity contribution in [3.63, 3.8) is 0 Å². The van der Waals surface area contributed by atoms with Crippen molar-refractivity contribution in [2.45, 2.75) is 118 Å². The molecule has 0 fully saturated rings. The van der Waals surface area contributed by atoms with E-state index in [2.05, 4.69) is 98.7 Å². The number of likely N-dealkylation sites (N-methyl/N-ethyl adjacent to an activating group) is 1. The van der Waals surface area contributed by atoms with E-state index < -0.39 is 0 Å². The lowest BCUT2D eigenvalue weighted by atomic mass is 9.84. The molecule has 6 bridgehead atoms. The molecule has 0 saturated heterocycles. The second-order valence-electron chi connectivity index (χ2n) is 16.6. The molecule has 1 amide bonds. The number of carbonyl (C=O) groups is 1. The molecule has 0 saturated carbocycles. The summed E-state index contributed by atoms with van der Waals surface area (Å²) in [6.07, 6.45) is 0. The number of nitrogens with zero attached hydrogens (tertiary/aromatic N) is 1. The molecule has 0 aromatic heterocycles. The van der Waals surface area contributed by atoms with Crippen LogP contribution in [0.25, 0.3) is 0 Å². The molecule has 0 aliphatic carbocycles. The number of fused-ring (bicyclic) bond motifs is 6. The quantitative estimate of drug-likeness (QED) is 0.266. The third-order valence-corrected chi connectivity index (χ3v) is 9.12. The van der Waals surface area contributed by atoms with Crippen LogP contribution in [0.3, 0.4) is 0 Å². The van der Waals surface area contributed by atoms with E-state index >= 15 is 0 Å². The van der Waals surface area contributed by atoms with Gasteiger partial charge in [0.25, 0.3) is 5.91 Å². The molecule has 0 spiro atoms. The minimum absolute atomic E-state index is 0.0997. The van der Waals surface area contributed by atoms with Crippen LogP contribution in [0, 0.1) is 0 Å². The van der Waals surface area contributed by atoms with E-state index in [1.54, 1.807) is 28.3 Å². The summed E-state index contributed by atoms with van der Waals surface area (Å²) in [5, 5.41) is 0. The normalized spacial score (nSPS) is 14.7. The van der Waals surface area contributed by atoms with Crippen LogP contribution in [0.2, 0.25) is 0 Å². The van der Waals surface area contributed by atoms with E-state index in [1.807, 2.05) is 0 Å². The van der Waals surface area contributed by atoms with Crippen LogP contribution in [0.1, 0.15) is 112 Å². The molecule has 1 aliphatic rings. The van der Waals surface area contributed by atoms with Crippen LogP contribution < -0.4 is 14.2 Å². The summed E-state index contributed by atoms with van der Waals surface area (Å²) in [6, 6.07) is 12.9. The molecular weight excluding hydrogens is 630 g/mol. The number of hydrogen-bond acceptors (Lipinski definition) is 7. The molecule has 8 nitrogen and oxygen atoms in total. The first-order valence-corrected chi connectivity index (χ1v) is 17.5. The Bertz CT molecular complexity index is 1550. The molecule has 50 heavy (non-hydrogen) atoms. The smallest absolute Gasteiger partial charge is 0.259 e. The van der Waals surface area contributed by atoms with Gasteiger partial charge >= 0.3 is 0 Å². The lowest BCUT2D eigenvalue weighted by Gasteiger charge is -2.26. The largest absolute Gasteiger partial charge is 0.496 e. The van der Waals surface area contributed by atoms with Crippen LogP contribution in [-0.4, -0.2) is 45.7 Å². The van der Waals surface area contributed by atoms with Crippen molar-refractivity contribution in [3.05, 3.63) is 86.5 Å². The van der Waals surface area contributed by atoms with Crippen molar-refractivity contribution >= 4 is 5.91 Å². The molecular formula is C42H59NO7. The van der Waals surface area contributed by atoms with Crippen LogP contribution in [0.5, 0.6) is 17.2 Å². The van der Waals surface area contributed by atoms with Crippen molar-refractivity contribution in [2.75, 3.05) is 34.9 Å². The molecule has 3 aromatic rings. The van der Waals surface area contributed by atoms with Crippen molar-refractivity contribution in [1.29, 1.82) is 0 Å². The maximum Gasteiger partial charge on any atom is 0.259 e. The summed E-state index contributed by atoms with van der Waals surface area (Å²) >= 11 is 0. The van der Waals surface area contributed by atoms with E-state index in [0.29, 0.717) is 32.2 Å². The van der Waals surface area contributed by atoms with Gasteiger partial charge < -0.3 is 33.3 Å². The van der Waals surface area contributed by atoms with Gasteiger partial charge in [-0.2, -0.15) is 0 Å². The lowest BCUT2D eigenvalue weighted by Crippen LogP contribution is -2.28. The number of rotatable bonds is 5. The summed E-state index contributed by atoms with van der Waals surface area (Å²) in [6.45, 7) is 21.5. The van der Waals surface area contributed by atoms with E-state index in [4.69, 9.17) is 28.4 Å². The molecule has 0 atom stereocenters. The molecule has 1 aliphatic heterocycles. The molecule has 0 unspecified atom stereocenters. The number of hydrogen-bond donors (Lipinski definition) is 0. The molecule has 274 valence electrons. The maximum atomic E-state index is 12.7. The summed E-state index contributed by atoms with van der Waals surface area (Å²) in [5.74, 6) is 1.98. The fourth-order valence-electron chi connectivity index (χ4n) is 5.99. The molecule has 3 aromatic carbocycles. The Balaban J connectivity index is 1.92. The Kier molecular flexibility index (Phi) is 12.3. The van der Waals surface area contributed by atoms with Gasteiger partial charge in [-0.15, -0.1) is 0 Å². The van der Waals surface area contributed by atoms with Crippen molar-refractivity contribution in [1.82, 2.24) is 4.90 Å². The Hall–Kier alpha value is -3.59. The Morgan fingerprint density at radius 2 is 0.800 bits per heavy atom. The predicted molar refractivity (Wildman–Crippen MR) is 198 cm³/mol. The summed E-state index contributed by atoms with van der Waals surface area (Å²) in [5.41, 5.74) is 8.58. The number of carbonyl (C=O) groups excluding carboxylic acids is 1. The second kappa shape index (κ2) is 15.7. The van der Waals surface area contributed by atoms with Crippen LogP contribution in [0.15, 0.2) is 36.4 Å². The van der Waals surface area contributed by atoms with Gasteiger partial charge in [0.15, 0.2) is 6.61 Å². The minimum Gasteiger partial charge on any atom is -0.496 e. The molecule has 8 heteroatoms. The van der Waals surface area contributed by atoms with Gasteiger partial charge in [-0.1, -0.05) is 62.3 Å². The first kappa shape index (κ1) is 39.2. The van der Waals surface area contributed by atoms with Crippen LogP contribution >= 0.6 is 0 Å². The third-order valence-electron chi connectivity index (χ3n) is 9.12. The zero-order valence-electron chi connectivity index (χ0n) is 32.7. The first-order chi connectivity index (χ1) is 23.3. The number of methoxy groups -OCH3 is 2. The van der Waals surface area contributed by atoms with Crippen LogP contribution in [-0.2, 0) is 74.9 Å². The van der Waals surface area contributed by atoms with Gasteiger partial charge in [0, 0.05) is 47.5 Å². The summed E-state index contributed by atoms with van der Waals surface area (Å²) in [7, 11) is 6.84. The van der Waals surface area contributed by atoms with E-state index in [-0.39, 0.29) is 42.0 Å². The van der Waals surface area contributed by atoms with E-state index in [9.17, 15) is 4.79 Å². The zero-order chi connectivity index (χ0) is 37.0. The Morgan fingerprint density at radius 3 is 1.02 bits per heavy atom. The van der Waals surface area contributed by atoms with Gasteiger partial charge in [0.05, 0.1) is 53.9 Å². The highest BCUT2D eigenvalue weighted by Gasteiger charge is 2.25. The highest BCUT2D eigenvalue weighted by molar-refractivity contribution is 5.77. The SMILES string of the molecule is COc1c2cc(C(C)(C)C)cc1COCc1cc(C(C)(C)C)cc(c1OCC(=O)N(C)C)COCc1cc(C(C)(C)C)cc(c1OC)COC2. The fourth-order valence-corrected chi connectivity index (χ4v) is 5.99. The van der Waals surface area contributed by atoms with Crippen molar-refractivity contribution in [2.24, 2.45) is 0 Å². The zero-order valence-corrected chi connectivity index (χ0v) is 32.7. The van der Waals surface area contributed by atoms with Gasteiger partial charge in [0.1, 0.15) is 17.2 Å². The standard InChI is InChI=1S/C42H59NO7/c1-40(2,3)33-14-27-20-47-21-28-15-34(41(4,5)6)17-30(38(28)46-13)23-49-25-32-19-35(42(7,8)9)18-31(39(32)50-26-36(44)43(10)11)24-48-22-29(16-33)37(27)45-12/h14-19H,20-26H2,1-13H3. The molecule has 1 heterocycles. The lowest BCUT2D eigenvalue weighted by molar-refractivity contribution is -0.130. The van der Waals surface area contributed by atoms with Gasteiger partial charge in [0.2, 0.25) is 0 Å². The average Bonchev–Trinajstić information content (AvgIpc) is 3.01. The van der Waals surface area contributed by atoms with Crippen molar-refractivity contribution in [3.8, 4) is 17.2 Å². The number of ether oxygens (including phenoxy) is 6. The minimum atomic E-state index is -0.156. The Labute approximate surface area is 300 Å². The van der Waals surface area contributed by atoms with E-state index in [1.165, 1.54) is 16.0 Å². The van der Waals surface area contributed by atoms with Gasteiger partial charge in [-0.3, -0.25) is 4.79 Å². The monoisotopic (exact) mass is 689 g/mol. The highest BCUT2D eigenvalue weighted by atomic mass is 16.5. The van der Waals surface area contributed by atoms with E-state index in [0.717, 1.165) is 50.4 Å².